The second-order valence-corrected chi connectivity index (χ2v) is 14.2. The van der Waals surface area contributed by atoms with E-state index in [9.17, 15) is 0 Å². The quantitative estimate of drug-likeness (QED) is 0.165. The molecule has 0 aliphatic heterocycles. The summed E-state index contributed by atoms with van der Waals surface area (Å²) in [6, 6.07) is 59.8. The van der Waals surface area contributed by atoms with Gasteiger partial charge in [-0.05, 0) is 106 Å². The fourth-order valence-corrected chi connectivity index (χ4v) is 7.83. The standard InChI is InChI=1S/C52H36N4/c1-3-15-44-35(11-1)13-9-17-46(44)41-31-42(47-18-10-14-36-12-2-4-16-45(36)47)33-43(32-41)52-55-50(39-25-21-37(22-26-39)48-19-5-7-29-53-48)34-51(56-52)40-27-23-38(24-28-40)49-20-6-8-30-54-49/h1,3-11,13-34H,2,12H2. The molecule has 1 aliphatic rings. The van der Waals surface area contributed by atoms with Gasteiger partial charge in [-0.3, -0.25) is 9.97 Å². The highest BCUT2D eigenvalue weighted by atomic mass is 14.9. The van der Waals surface area contributed by atoms with E-state index < -0.39 is 0 Å². The third-order valence-corrected chi connectivity index (χ3v) is 10.7. The van der Waals surface area contributed by atoms with Crippen molar-refractivity contribution in [3.8, 4) is 78.7 Å². The van der Waals surface area contributed by atoms with E-state index in [1.165, 1.54) is 33.0 Å². The highest BCUT2D eigenvalue weighted by molar-refractivity contribution is 5.98. The first kappa shape index (κ1) is 33.3. The average molecular weight is 717 g/mol. The average Bonchev–Trinajstić information content (AvgIpc) is 3.29. The van der Waals surface area contributed by atoms with Crippen LogP contribution in [0.4, 0.5) is 0 Å². The molecule has 3 heterocycles. The first-order chi connectivity index (χ1) is 27.7. The SMILES string of the molecule is C1=Cc2c(cccc2-c2cc(-c3nc(-c4ccc(-c5ccccn5)cc4)cc(-c4ccc(-c5ccccn5)cc4)n3)cc(-c3cccc4ccccc34)c2)CC1. The lowest BCUT2D eigenvalue weighted by Crippen LogP contribution is -1.99. The van der Waals surface area contributed by atoms with E-state index in [4.69, 9.17) is 9.97 Å². The van der Waals surface area contributed by atoms with Gasteiger partial charge in [-0.15, -0.1) is 0 Å². The molecule has 4 nitrogen and oxygen atoms in total. The first-order valence-electron chi connectivity index (χ1n) is 19.1. The number of allylic oxidation sites excluding steroid dienone is 1. The molecule has 1 aliphatic carbocycles. The number of benzene rings is 6. The third kappa shape index (κ3) is 6.48. The summed E-state index contributed by atoms with van der Waals surface area (Å²) < 4.78 is 0. The van der Waals surface area contributed by atoms with Crippen LogP contribution in [0.2, 0.25) is 0 Å². The van der Waals surface area contributed by atoms with Gasteiger partial charge in [-0.1, -0.05) is 133 Å². The van der Waals surface area contributed by atoms with Crippen molar-refractivity contribution in [2.45, 2.75) is 12.8 Å². The van der Waals surface area contributed by atoms with Crippen LogP contribution < -0.4 is 0 Å². The molecule has 0 N–H and O–H groups in total. The van der Waals surface area contributed by atoms with Crippen molar-refractivity contribution in [1.29, 1.82) is 0 Å². The Kier molecular flexibility index (Phi) is 8.62. The maximum absolute atomic E-state index is 5.34. The summed E-state index contributed by atoms with van der Waals surface area (Å²) in [6.07, 6.45) is 10.3. The minimum absolute atomic E-state index is 0.670. The maximum atomic E-state index is 5.34. The summed E-state index contributed by atoms with van der Waals surface area (Å²) in [7, 11) is 0. The molecule has 0 amide bonds. The lowest BCUT2D eigenvalue weighted by molar-refractivity contribution is 0.986. The smallest absolute Gasteiger partial charge is 0.160 e. The largest absolute Gasteiger partial charge is 0.256 e. The van der Waals surface area contributed by atoms with Gasteiger partial charge in [0.05, 0.1) is 22.8 Å². The Labute approximate surface area is 326 Å². The van der Waals surface area contributed by atoms with Gasteiger partial charge in [0.15, 0.2) is 5.82 Å². The molecule has 0 unspecified atom stereocenters. The van der Waals surface area contributed by atoms with Crippen LogP contribution in [0.5, 0.6) is 0 Å². The molecule has 56 heavy (non-hydrogen) atoms. The summed E-state index contributed by atoms with van der Waals surface area (Å²) in [4.78, 5) is 19.8. The third-order valence-electron chi connectivity index (χ3n) is 10.7. The van der Waals surface area contributed by atoms with Crippen molar-refractivity contribution >= 4 is 16.8 Å². The molecule has 0 radical (unpaired) electrons. The van der Waals surface area contributed by atoms with Gasteiger partial charge in [-0.25, -0.2) is 9.97 Å². The number of pyridine rings is 2. The second-order valence-electron chi connectivity index (χ2n) is 14.2. The van der Waals surface area contributed by atoms with Crippen LogP contribution in [-0.4, -0.2) is 19.9 Å². The Morgan fingerprint density at radius 1 is 0.393 bits per heavy atom. The van der Waals surface area contributed by atoms with Crippen LogP contribution >= 0.6 is 0 Å². The van der Waals surface area contributed by atoms with Crippen LogP contribution in [-0.2, 0) is 6.42 Å². The molecule has 0 fully saturated rings. The van der Waals surface area contributed by atoms with E-state index in [0.717, 1.165) is 74.6 Å². The zero-order chi connectivity index (χ0) is 37.3. The number of rotatable bonds is 7. The molecule has 264 valence electrons. The van der Waals surface area contributed by atoms with Crippen molar-refractivity contribution in [3.63, 3.8) is 0 Å². The van der Waals surface area contributed by atoms with Gasteiger partial charge in [0.2, 0.25) is 0 Å². The highest BCUT2D eigenvalue weighted by Crippen LogP contribution is 2.39. The monoisotopic (exact) mass is 716 g/mol. The fraction of sp³-hybridized carbons (Fsp3) is 0.0385. The summed E-state index contributed by atoms with van der Waals surface area (Å²) in [5.41, 5.74) is 16.0. The van der Waals surface area contributed by atoms with Crippen LogP contribution in [0.25, 0.3) is 95.5 Å². The summed E-state index contributed by atoms with van der Waals surface area (Å²) in [5, 5.41) is 2.42. The molecule has 9 aromatic rings. The molecule has 10 rings (SSSR count). The fourth-order valence-electron chi connectivity index (χ4n) is 7.83. The van der Waals surface area contributed by atoms with Crippen molar-refractivity contribution < 1.29 is 0 Å². The Morgan fingerprint density at radius 2 is 0.929 bits per heavy atom. The summed E-state index contributed by atoms with van der Waals surface area (Å²) in [6.45, 7) is 0. The van der Waals surface area contributed by atoms with Crippen molar-refractivity contribution in [2.24, 2.45) is 0 Å². The number of fused-ring (bicyclic) bond motifs is 2. The molecule has 3 aromatic heterocycles. The Bertz CT molecular complexity index is 2770. The van der Waals surface area contributed by atoms with Crippen LogP contribution in [0.15, 0.2) is 188 Å². The predicted molar refractivity (Wildman–Crippen MR) is 231 cm³/mol. The first-order valence-corrected chi connectivity index (χ1v) is 19.1. The van der Waals surface area contributed by atoms with Gasteiger partial charge >= 0.3 is 0 Å². The van der Waals surface area contributed by atoms with E-state index in [1.807, 2.05) is 48.8 Å². The van der Waals surface area contributed by atoms with E-state index >= 15 is 0 Å². The summed E-state index contributed by atoms with van der Waals surface area (Å²) >= 11 is 0. The van der Waals surface area contributed by atoms with E-state index in [-0.39, 0.29) is 0 Å². The summed E-state index contributed by atoms with van der Waals surface area (Å²) in [5.74, 6) is 0.670. The van der Waals surface area contributed by atoms with Crippen LogP contribution in [0.3, 0.4) is 0 Å². The highest BCUT2D eigenvalue weighted by Gasteiger charge is 2.17. The van der Waals surface area contributed by atoms with E-state index in [2.05, 4.69) is 156 Å². The topological polar surface area (TPSA) is 51.6 Å². The van der Waals surface area contributed by atoms with E-state index in [1.54, 1.807) is 0 Å². The molecule has 0 spiro atoms. The predicted octanol–water partition coefficient (Wildman–Crippen LogP) is 13.0. The lowest BCUT2D eigenvalue weighted by atomic mass is 9.87. The van der Waals surface area contributed by atoms with Crippen molar-refractivity contribution in [1.82, 2.24) is 19.9 Å². The molecule has 0 bridgehead atoms. The molecule has 6 aromatic carbocycles. The normalized spacial score (nSPS) is 12.1. The van der Waals surface area contributed by atoms with Gasteiger partial charge in [0.25, 0.3) is 0 Å². The van der Waals surface area contributed by atoms with Gasteiger partial charge < -0.3 is 0 Å². The number of hydrogen-bond donors (Lipinski definition) is 0. The van der Waals surface area contributed by atoms with Crippen LogP contribution in [0, 0.1) is 0 Å². The molecular formula is C52H36N4. The van der Waals surface area contributed by atoms with Crippen LogP contribution in [0.1, 0.15) is 17.5 Å². The molecule has 4 heteroatoms. The minimum atomic E-state index is 0.670. The van der Waals surface area contributed by atoms with Gasteiger partial charge in [0, 0.05) is 40.2 Å². The van der Waals surface area contributed by atoms with E-state index in [0.29, 0.717) is 5.82 Å². The number of aromatic nitrogens is 4. The molecule has 0 saturated carbocycles. The van der Waals surface area contributed by atoms with Crippen molar-refractivity contribution in [2.75, 3.05) is 0 Å². The molecule has 0 atom stereocenters. The number of nitrogens with zero attached hydrogens (tertiary/aromatic N) is 4. The number of hydrogen-bond acceptors (Lipinski definition) is 4. The molecule has 0 saturated heterocycles. The minimum Gasteiger partial charge on any atom is -0.256 e. The Morgan fingerprint density at radius 3 is 1.57 bits per heavy atom. The lowest BCUT2D eigenvalue weighted by Gasteiger charge is -2.18. The molecular weight excluding hydrogens is 681 g/mol. The maximum Gasteiger partial charge on any atom is 0.160 e. The second kappa shape index (κ2) is 14.5. The van der Waals surface area contributed by atoms with Gasteiger partial charge in [-0.2, -0.15) is 0 Å². The Balaban J connectivity index is 1.17. The van der Waals surface area contributed by atoms with Gasteiger partial charge in [0.1, 0.15) is 0 Å². The van der Waals surface area contributed by atoms with Crippen molar-refractivity contribution in [3.05, 3.63) is 199 Å². The number of aryl methyl sites for hydroxylation is 1. The zero-order valence-corrected chi connectivity index (χ0v) is 30.7. The Hall–Kier alpha value is -7.30. The zero-order valence-electron chi connectivity index (χ0n) is 30.7.